The third-order valence-electron chi connectivity index (χ3n) is 4.81. The predicted molar refractivity (Wildman–Crippen MR) is 104 cm³/mol. The first-order valence-electron chi connectivity index (χ1n) is 8.83. The van der Waals surface area contributed by atoms with Crippen molar-refractivity contribution in [3.8, 4) is 33.6 Å². The largest absolute Gasteiger partial charge is 0.299 e. The molecule has 0 spiro atoms. The van der Waals surface area contributed by atoms with Gasteiger partial charge in [-0.1, -0.05) is 12.1 Å². The number of fused-ring (bicyclic) bond motifs is 1. The fourth-order valence-electron chi connectivity index (χ4n) is 3.38. The lowest BCUT2D eigenvalue weighted by molar-refractivity contribution is 0.509. The second-order valence-corrected chi connectivity index (χ2v) is 6.56. The van der Waals surface area contributed by atoms with E-state index in [4.69, 9.17) is 0 Å². The number of aromatic nitrogens is 4. The highest BCUT2D eigenvalue weighted by atomic mass is 19.2. The van der Waals surface area contributed by atoms with E-state index in [-0.39, 0.29) is 5.82 Å². The summed E-state index contributed by atoms with van der Waals surface area (Å²) in [5.41, 5.74) is 4.19. The molecule has 0 radical (unpaired) electrons. The third-order valence-corrected chi connectivity index (χ3v) is 4.81. The van der Waals surface area contributed by atoms with Crippen molar-refractivity contribution in [2.24, 2.45) is 0 Å². The normalized spacial score (nSPS) is 11.3. The van der Waals surface area contributed by atoms with Crippen LogP contribution in [0.2, 0.25) is 0 Å². The summed E-state index contributed by atoms with van der Waals surface area (Å²) < 4.78 is 43.1. The average Bonchev–Trinajstić information content (AvgIpc) is 3.37. The van der Waals surface area contributed by atoms with Crippen molar-refractivity contribution >= 4 is 5.65 Å². The number of H-pyrrole nitrogens is 1. The zero-order valence-corrected chi connectivity index (χ0v) is 14.9. The van der Waals surface area contributed by atoms with Crippen LogP contribution in [0, 0.1) is 17.5 Å². The second kappa shape index (κ2) is 6.63. The molecule has 3 heterocycles. The molecular weight excluding hydrogens is 377 g/mol. The second-order valence-electron chi connectivity index (χ2n) is 6.56. The van der Waals surface area contributed by atoms with Crippen LogP contribution in [0.1, 0.15) is 0 Å². The van der Waals surface area contributed by atoms with Gasteiger partial charge in [0.25, 0.3) is 0 Å². The van der Waals surface area contributed by atoms with Gasteiger partial charge in [0.2, 0.25) is 0 Å². The molecule has 0 saturated heterocycles. The van der Waals surface area contributed by atoms with Gasteiger partial charge in [-0.25, -0.2) is 18.2 Å². The minimum absolute atomic E-state index is 0.357. The number of imidazole rings is 1. The quantitative estimate of drug-likeness (QED) is 0.444. The van der Waals surface area contributed by atoms with Crippen LogP contribution in [0.4, 0.5) is 13.2 Å². The fraction of sp³-hybridized carbons (Fsp3) is 0. The van der Waals surface area contributed by atoms with Gasteiger partial charge in [-0.2, -0.15) is 5.10 Å². The molecule has 0 aliphatic rings. The molecule has 0 bridgehead atoms. The molecule has 0 saturated carbocycles. The van der Waals surface area contributed by atoms with Crippen molar-refractivity contribution < 1.29 is 13.2 Å². The number of hydrogen-bond acceptors (Lipinski definition) is 2. The van der Waals surface area contributed by atoms with Crippen LogP contribution < -0.4 is 0 Å². The minimum Gasteiger partial charge on any atom is -0.299 e. The first kappa shape index (κ1) is 17.2. The molecule has 4 nitrogen and oxygen atoms in total. The van der Waals surface area contributed by atoms with Crippen LogP contribution in [-0.4, -0.2) is 19.6 Å². The Bertz CT molecular complexity index is 1350. The summed E-state index contributed by atoms with van der Waals surface area (Å²) in [6.07, 6.45) is 5.03. The smallest absolute Gasteiger partial charge is 0.159 e. The van der Waals surface area contributed by atoms with Crippen molar-refractivity contribution in [1.82, 2.24) is 19.6 Å². The Morgan fingerprint density at radius 2 is 1.59 bits per heavy atom. The Labute approximate surface area is 163 Å². The summed E-state index contributed by atoms with van der Waals surface area (Å²) in [4.78, 5) is 4.33. The Kier molecular flexibility index (Phi) is 3.94. The minimum atomic E-state index is -0.926. The first-order valence-corrected chi connectivity index (χ1v) is 8.83. The lowest BCUT2D eigenvalue weighted by Gasteiger charge is -2.08. The van der Waals surface area contributed by atoms with Crippen molar-refractivity contribution in [2.75, 3.05) is 0 Å². The van der Waals surface area contributed by atoms with E-state index in [1.807, 2.05) is 12.3 Å². The summed E-state index contributed by atoms with van der Waals surface area (Å²) in [5, 5.41) is 6.93. The van der Waals surface area contributed by atoms with E-state index in [0.29, 0.717) is 33.7 Å². The molecule has 29 heavy (non-hydrogen) atoms. The van der Waals surface area contributed by atoms with E-state index < -0.39 is 11.6 Å². The zero-order valence-electron chi connectivity index (χ0n) is 14.9. The van der Waals surface area contributed by atoms with Crippen molar-refractivity contribution in [1.29, 1.82) is 0 Å². The number of nitrogens with one attached hydrogen (secondary N) is 1. The van der Waals surface area contributed by atoms with E-state index in [9.17, 15) is 13.2 Å². The number of benzene rings is 2. The Balaban J connectivity index is 1.66. The lowest BCUT2D eigenvalue weighted by atomic mass is 10.0. The number of rotatable bonds is 3. The van der Waals surface area contributed by atoms with Crippen LogP contribution in [0.3, 0.4) is 0 Å². The van der Waals surface area contributed by atoms with E-state index in [1.165, 1.54) is 12.1 Å². The molecular formula is C22H13F3N4. The summed E-state index contributed by atoms with van der Waals surface area (Å²) in [6, 6.07) is 13.8. The maximum absolute atomic E-state index is 14.3. The molecule has 2 aromatic carbocycles. The predicted octanol–water partition coefficient (Wildman–Crippen LogP) is 5.48. The van der Waals surface area contributed by atoms with Crippen LogP contribution in [0.5, 0.6) is 0 Å². The number of aromatic amines is 1. The summed E-state index contributed by atoms with van der Waals surface area (Å²) in [7, 11) is 0. The zero-order chi connectivity index (χ0) is 20.0. The lowest BCUT2D eigenvalue weighted by Crippen LogP contribution is -1.92. The van der Waals surface area contributed by atoms with E-state index in [1.54, 1.807) is 41.1 Å². The summed E-state index contributed by atoms with van der Waals surface area (Å²) in [6.45, 7) is 0. The SMILES string of the molecule is Fc1ccc(-c2cnc3ccc(-c4cn[nH]c4-c4ccccc4F)cn23)cc1F. The Morgan fingerprint density at radius 1 is 0.759 bits per heavy atom. The van der Waals surface area contributed by atoms with Crippen molar-refractivity contribution in [3.63, 3.8) is 0 Å². The van der Waals surface area contributed by atoms with Gasteiger partial charge in [-0.15, -0.1) is 0 Å². The van der Waals surface area contributed by atoms with Crippen LogP contribution in [-0.2, 0) is 0 Å². The van der Waals surface area contributed by atoms with Crippen LogP contribution in [0.25, 0.3) is 39.3 Å². The number of nitrogens with zero attached hydrogens (tertiary/aromatic N) is 3. The van der Waals surface area contributed by atoms with Crippen LogP contribution >= 0.6 is 0 Å². The van der Waals surface area contributed by atoms with Crippen molar-refractivity contribution in [2.45, 2.75) is 0 Å². The van der Waals surface area contributed by atoms with E-state index >= 15 is 0 Å². The monoisotopic (exact) mass is 390 g/mol. The van der Waals surface area contributed by atoms with E-state index in [0.717, 1.165) is 17.7 Å². The number of hydrogen-bond donors (Lipinski definition) is 1. The van der Waals surface area contributed by atoms with Gasteiger partial charge in [-0.05, 0) is 42.5 Å². The molecule has 142 valence electrons. The fourth-order valence-corrected chi connectivity index (χ4v) is 3.38. The molecule has 0 fully saturated rings. The topological polar surface area (TPSA) is 46.0 Å². The molecule has 0 unspecified atom stereocenters. The third kappa shape index (κ3) is 2.87. The Morgan fingerprint density at radius 3 is 2.41 bits per heavy atom. The number of halogens is 3. The van der Waals surface area contributed by atoms with Gasteiger partial charge in [0.05, 0.1) is 23.8 Å². The van der Waals surface area contributed by atoms with Gasteiger partial charge in [0, 0.05) is 28.5 Å². The highest BCUT2D eigenvalue weighted by molar-refractivity contribution is 5.81. The maximum Gasteiger partial charge on any atom is 0.159 e. The molecule has 0 atom stereocenters. The van der Waals surface area contributed by atoms with Crippen molar-refractivity contribution in [3.05, 3.63) is 90.6 Å². The average molecular weight is 390 g/mol. The van der Waals surface area contributed by atoms with E-state index in [2.05, 4.69) is 15.2 Å². The summed E-state index contributed by atoms with van der Waals surface area (Å²) >= 11 is 0. The van der Waals surface area contributed by atoms with Gasteiger partial charge in [0.1, 0.15) is 11.5 Å². The molecule has 7 heteroatoms. The van der Waals surface area contributed by atoms with Gasteiger partial charge >= 0.3 is 0 Å². The molecule has 0 amide bonds. The number of pyridine rings is 1. The van der Waals surface area contributed by atoms with Gasteiger partial charge in [-0.3, -0.25) is 9.50 Å². The Hall–Kier alpha value is -3.87. The van der Waals surface area contributed by atoms with Gasteiger partial charge in [0.15, 0.2) is 11.6 Å². The molecule has 3 aromatic heterocycles. The summed E-state index contributed by atoms with van der Waals surface area (Å²) in [5.74, 6) is -2.19. The van der Waals surface area contributed by atoms with Gasteiger partial charge < -0.3 is 0 Å². The molecule has 1 N–H and O–H groups in total. The first-order chi connectivity index (χ1) is 14.1. The highest BCUT2D eigenvalue weighted by Gasteiger charge is 2.15. The molecule has 5 aromatic rings. The highest BCUT2D eigenvalue weighted by Crippen LogP contribution is 2.32. The molecule has 0 aliphatic heterocycles. The maximum atomic E-state index is 14.3. The standard InChI is InChI=1S/C22H13F3N4/c23-17-4-2-1-3-15(17)22-16(10-27-28-22)14-6-8-21-26-11-20(29(21)12-14)13-5-7-18(24)19(25)9-13/h1-12H,(H,27,28). The van der Waals surface area contributed by atoms with Crippen LogP contribution in [0.15, 0.2) is 73.2 Å². The molecule has 5 rings (SSSR count). The molecule has 0 aliphatic carbocycles.